The Hall–Kier alpha value is -4.13. The maximum Gasteiger partial charge on any atom is 0.246 e. The molecule has 1 aliphatic rings. The molecule has 0 radical (unpaired) electrons. The highest BCUT2D eigenvalue weighted by molar-refractivity contribution is 5.87. The second-order valence-electron chi connectivity index (χ2n) is 7.85. The summed E-state index contributed by atoms with van der Waals surface area (Å²) in [6, 6.07) is 15.2. The standard InChI is InChI=1S/C26H24N4O3/c1-3-24(31)29-15-4-5-22(29)26-28-25(23-17-27-14-16-30(23)26)18-6-8-20(9-7-18)33-21-12-10-19(32-2)11-13-21/h3,6-14,16-17,22H,1,4-5,15H2,2H3. The Morgan fingerprint density at radius 3 is 2.48 bits per heavy atom. The van der Waals surface area contributed by atoms with Gasteiger partial charge in [0, 0.05) is 24.5 Å². The maximum atomic E-state index is 12.4. The molecule has 0 N–H and O–H groups in total. The van der Waals surface area contributed by atoms with Crippen molar-refractivity contribution in [3.05, 3.63) is 85.6 Å². The number of hydrogen-bond donors (Lipinski definition) is 0. The number of nitrogens with zero attached hydrogens (tertiary/aromatic N) is 4. The van der Waals surface area contributed by atoms with Crippen molar-refractivity contribution in [2.75, 3.05) is 13.7 Å². The molecule has 2 aromatic carbocycles. The number of methoxy groups -OCH3 is 1. The van der Waals surface area contributed by atoms with Gasteiger partial charge in [0.05, 0.1) is 30.6 Å². The fraction of sp³-hybridized carbons (Fsp3) is 0.192. The van der Waals surface area contributed by atoms with E-state index in [1.165, 1.54) is 6.08 Å². The number of imidazole rings is 1. The molecule has 1 atom stereocenters. The van der Waals surface area contributed by atoms with E-state index in [4.69, 9.17) is 14.5 Å². The van der Waals surface area contributed by atoms with E-state index < -0.39 is 0 Å². The molecule has 0 saturated carbocycles. The highest BCUT2D eigenvalue weighted by Gasteiger charge is 2.32. The molecule has 5 rings (SSSR count). The molecular weight excluding hydrogens is 416 g/mol. The summed E-state index contributed by atoms with van der Waals surface area (Å²) < 4.78 is 13.2. The molecule has 1 saturated heterocycles. The van der Waals surface area contributed by atoms with Crippen LogP contribution in [0.1, 0.15) is 24.7 Å². The number of likely N-dealkylation sites (tertiary alicyclic amines) is 1. The van der Waals surface area contributed by atoms with Gasteiger partial charge in [0.25, 0.3) is 0 Å². The Kier molecular flexibility index (Phi) is 5.52. The zero-order chi connectivity index (χ0) is 22.8. The number of amides is 1. The first-order chi connectivity index (χ1) is 16.2. The van der Waals surface area contributed by atoms with Crippen molar-refractivity contribution >= 4 is 11.4 Å². The minimum absolute atomic E-state index is 0.0649. The monoisotopic (exact) mass is 440 g/mol. The average molecular weight is 441 g/mol. The van der Waals surface area contributed by atoms with E-state index in [0.717, 1.165) is 52.7 Å². The van der Waals surface area contributed by atoms with Gasteiger partial charge in [-0.2, -0.15) is 0 Å². The first-order valence-corrected chi connectivity index (χ1v) is 10.9. The number of carbonyl (C=O) groups excluding carboxylic acids is 1. The molecule has 1 fully saturated rings. The van der Waals surface area contributed by atoms with Gasteiger partial charge in [0.1, 0.15) is 23.1 Å². The molecule has 3 heterocycles. The molecule has 166 valence electrons. The topological polar surface area (TPSA) is 69.0 Å². The van der Waals surface area contributed by atoms with Crippen LogP contribution in [0, 0.1) is 0 Å². The summed E-state index contributed by atoms with van der Waals surface area (Å²) in [5.74, 6) is 3.02. The lowest BCUT2D eigenvalue weighted by Gasteiger charge is -2.22. The SMILES string of the molecule is C=CC(=O)N1CCCC1c1nc(-c2ccc(Oc3ccc(OC)cc3)cc2)c2cnccn12. The van der Waals surface area contributed by atoms with Gasteiger partial charge in [0.2, 0.25) is 5.91 Å². The second-order valence-corrected chi connectivity index (χ2v) is 7.85. The normalized spacial score (nSPS) is 15.5. The number of ether oxygens (including phenoxy) is 2. The van der Waals surface area contributed by atoms with Crippen LogP contribution in [0.3, 0.4) is 0 Å². The van der Waals surface area contributed by atoms with Gasteiger partial charge in [-0.15, -0.1) is 0 Å². The van der Waals surface area contributed by atoms with Crippen molar-refractivity contribution in [2.24, 2.45) is 0 Å². The summed E-state index contributed by atoms with van der Waals surface area (Å²) in [5.41, 5.74) is 2.68. The van der Waals surface area contributed by atoms with Gasteiger partial charge >= 0.3 is 0 Å². The van der Waals surface area contributed by atoms with Crippen molar-refractivity contribution in [2.45, 2.75) is 18.9 Å². The summed E-state index contributed by atoms with van der Waals surface area (Å²) in [4.78, 5) is 23.5. The number of rotatable bonds is 6. The molecule has 0 spiro atoms. The third-order valence-electron chi connectivity index (χ3n) is 5.91. The lowest BCUT2D eigenvalue weighted by Crippen LogP contribution is -2.29. The summed E-state index contributed by atoms with van der Waals surface area (Å²) in [7, 11) is 1.64. The molecule has 7 heteroatoms. The Morgan fingerprint density at radius 2 is 1.79 bits per heavy atom. The van der Waals surface area contributed by atoms with Gasteiger partial charge in [-0.05, 0) is 67.4 Å². The van der Waals surface area contributed by atoms with Crippen LogP contribution in [0.5, 0.6) is 17.2 Å². The summed E-state index contributed by atoms with van der Waals surface area (Å²) in [5, 5.41) is 0. The molecule has 2 aromatic heterocycles. The van der Waals surface area contributed by atoms with E-state index in [2.05, 4.69) is 11.6 Å². The van der Waals surface area contributed by atoms with Gasteiger partial charge in [-0.3, -0.25) is 14.2 Å². The highest BCUT2D eigenvalue weighted by atomic mass is 16.5. The van der Waals surface area contributed by atoms with E-state index in [-0.39, 0.29) is 11.9 Å². The van der Waals surface area contributed by atoms with E-state index in [1.807, 2.05) is 70.2 Å². The molecule has 33 heavy (non-hydrogen) atoms. The smallest absolute Gasteiger partial charge is 0.246 e. The average Bonchev–Trinajstić information content (AvgIpc) is 3.49. The fourth-order valence-corrected chi connectivity index (χ4v) is 4.29. The lowest BCUT2D eigenvalue weighted by molar-refractivity contribution is -0.127. The molecular formula is C26H24N4O3. The van der Waals surface area contributed by atoms with Crippen LogP contribution in [0.2, 0.25) is 0 Å². The van der Waals surface area contributed by atoms with Crippen LogP contribution in [-0.4, -0.2) is 38.8 Å². The number of aromatic nitrogens is 3. The highest BCUT2D eigenvalue weighted by Crippen LogP contribution is 2.35. The van der Waals surface area contributed by atoms with Crippen molar-refractivity contribution in [1.29, 1.82) is 0 Å². The predicted octanol–water partition coefficient (Wildman–Crippen LogP) is 5.05. The van der Waals surface area contributed by atoms with Gasteiger partial charge < -0.3 is 14.4 Å². The van der Waals surface area contributed by atoms with Crippen LogP contribution in [0.25, 0.3) is 16.8 Å². The number of benzene rings is 2. The number of hydrogen-bond acceptors (Lipinski definition) is 5. The Bertz CT molecular complexity index is 1300. The van der Waals surface area contributed by atoms with Gasteiger partial charge in [-0.25, -0.2) is 4.98 Å². The van der Waals surface area contributed by atoms with Crippen LogP contribution in [-0.2, 0) is 4.79 Å². The molecule has 0 bridgehead atoms. The largest absolute Gasteiger partial charge is 0.497 e. The molecule has 1 unspecified atom stereocenters. The molecule has 0 aliphatic carbocycles. The van der Waals surface area contributed by atoms with Crippen LogP contribution in [0.15, 0.2) is 79.8 Å². The van der Waals surface area contributed by atoms with Crippen LogP contribution >= 0.6 is 0 Å². The number of fused-ring (bicyclic) bond motifs is 1. The van der Waals surface area contributed by atoms with Crippen molar-refractivity contribution in [3.8, 4) is 28.5 Å². The van der Waals surface area contributed by atoms with Crippen molar-refractivity contribution in [1.82, 2.24) is 19.3 Å². The molecule has 4 aromatic rings. The lowest BCUT2D eigenvalue weighted by atomic mass is 10.1. The third kappa shape index (κ3) is 3.93. The fourth-order valence-electron chi connectivity index (χ4n) is 4.29. The molecule has 1 amide bonds. The van der Waals surface area contributed by atoms with E-state index in [9.17, 15) is 4.79 Å². The third-order valence-corrected chi connectivity index (χ3v) is 5.91. The quantitative estimate of drug-likeness (QED) is 0.393. The zero-order valence-electron chi connectivity index (χ0n) is 18.3. The van der Waals surface area contributed by atoms with E-state index in [0.29, 0.717) is 6.54 Å². The molecule has 1 aliphatic heterocycles. The van der Waals surface area contributed by atoms with Gasteiger partial charge in [0.15, 0.2) is 0 Å². The predicted molar refractivity (Wildman–Crippen MR) is 125 cm³/mol. The minimum atomic E-state index is -0.0863. The molecule has 7 nitrogen and oxygen atoms in total. The summed E-state index contributed by atoms with van der Waals surface area (Å²) >= 11 is 0. The first-order valence-electron chi connectivity index (χ1n) is 10.9. The second kappa shape index (κ2) is 8.78. The zero-order valence-corrected chi connectivity index (χ0v) is 18.3. The Morgan fingerprint density at radius 1 is 1.09 bits per heavy atom. The van der Waals surface area contributed by atoms with Crippen molar-refractivity contribution in [3.63, 3.8) is 0 Å². The van der Waals surface area contributed by atoms with Crippen molar-refractivity contribution < 1.29 is 14.3 Å². The minimum Gasteiger partial charge on any atom is -0.497 e. The maximum absolute atomic E-state index is 12.4. The Labute approximate surface area is 191 Å². The van der Waals surface area contributed by atoms with E-state index in [1.54, 1.807) is 13.3 Å². The Balaban J connectivity index is 1.46. The van der Waals surface area contributed by atoms with E-state index >= 15 is 0 Å². The van der Waals surface area contributed by atoms with Crippen LogP contribution in [0.4, 0.5) is 0 Å². The number of carbonyl (C=O) groups is 1. The summed E-state index contributed by atoms with van der Waals surface area (Å²) in [6.45, 7) is 4.36. The first kappa shape index (κ1) is 20.8. The summed E-state index contributed by atoms with van der Waals surface area (Å²) in [6.07, 6.45) is 8.63. The van der Waals surface area contributed by atoms with Crippen LogP contribution < -0.4 is 9.47 Å². The van der Waals surface area contributed by atoms with Gasteiger partial charge in [-0.1, -0.05) is 6.58 Å².